The van der Waals surface area contributed by atoms with Gasteiger partial charge in [0.05, 0.1) is 0 Å². The highest BCUT2D eigenvalue weighted by Gasteiger charge is 2.26. The molecule has 1 heterocycles. The van der Waals surface area contributed by atoms with Crippen molar-refractivity contribution < 1.29 is 0 Å². The van der Waals surface area contributed by atoms with E-state index in [-0.39, 0.29) is 0 Å². The van der Waals surface area contributed by atoms with Gasteiger partial charge in [0, 0.05) is 31.4 Å². The van der Waals surface area contributed by atoms with E-state index < -0.39 is 0 Å². The number of hydrogen-bond donors (Lipinski definition) is 1. The molecule has 0 aromatic carbocycles. The fourth-order valence-electron chi connectivity index (χ4n) is 2.42. The van der Waals surface area contributed by atoms with Gasteiger partial charge in [-0.1, -0.05) is 0 Å². The van der Waals surface area contributed by atoms with Crippen LogP contribution in [0.5, 0.6) is 0 Å². The minimum absolute atomic E-state index is 0.528. The maximum absolute atomic E-state index is 4.58. The maximum atomic E-state index is 4.58. The monoisotopic (exact) mass is 259 g/mol. The van der Waals surface area contributed by atoms with Gasteiger partial charge in [0.2, 0.25) is 0 Å². The largest absolute Gasteiger partial charge is 0.354 e. The van der Waals surface area contributed by atoms with Crippen LogP contribution in [0.4, 0.5) is 5.82 Å². The second-order valence-corrected chi connectivity index (χ2v) is 6.37. The van der Waals surface area contributed by atoms with Gasteiger partial charge in [-0.3, -0.25) is 0 Å². The van der Waals surface area contributed by atoms with Gasteiger partial charge < -0.3 is 10.2 Å². The first-order chi connectivity index (χ1) is 9.22. The van der Waals surface area contributed by atoms with Gasteiger partial charge in [-0.25, -0.2) is 4.98 Å². The van der Waals surface area contributed by atoms with Crippen molar-refractivity contribution in [1.29, 1.82) is 0 Å². The standard InChI is InChI=1S/C16H25N3/c1-12(2)19(11-13-3-4-13)16-9-14(7-8-17-16)10-18-15-5-6-15/h7-9,12-13,15,18H,3-6,10-11H2,1-2H3. The van der Waals surface area contributed by atoms with Crippen molar-refractivity contribution >= 4 is 5.82 Å². The molecule has 3 nitrogen and oxygen atoms in total. The number of pyridine rings is 1. The summed E-state index contributed by atoms with van der Waals surface area (Å²) in [7, 11) is 0. The third-order valence-electron chi connectivity index (χ3n) is 4.05. The topological polar surface area (TPSA) is 28.2 Å². The van der Waals surface area contributed by atoms with Crippen molar-refractivity contribution in [2.45, 2.75) is 58.2 Å². The lowest BCUT2D eigenvalue weighted by Crippen LogP contribution is -2.33. The minimum Gasteiger partial charge on any atom is -0.354 e. The summed E-state index contributed by atoms with van der Waals surface area (Å²) < 4.78 is 0. The highest BCUT2D eigenvalue weighted by Crippen LogP contribution is 2.32. The molecule has 2 saturated carbocycles. The van der Waals surface area contributed by atoms with Crippen LogP contribution in [-0.4, -0.2) is 23.6 Å². The van der Waals surface area contributed by atoms with Crippen LogP contribution in [0.3, 0.4) is 0 Å². The zero-order chi connectivity index (χ0) is 13.2. The van der Waals surface area contributed by atoms with Crippen molar-refractivity contribution in [3.8, 4) is 0 Å². The van der Waals surface area contributed by atoms with E-state index in [9.17, 15) is 0 Å². The first-order valence-electron chi connectivity index (χ1n) is 7.67. The number of hydrogen-bond acceptors (Lipinski definition) is 3. The van der Waals surface area contributed by atoms with Gasteiger partial charge >= 0.3 is 0 Å². The summed E-state index contributed by atoms with van der Waals surface area (Å²) in [5.74, 6) is 2.05. The lowest BCUT2D eigenvalue weighted by molar-refractivity contribution is 0.634. The Bertz CT molecular complexity index is 422. The number of anilines is 1. The molecule has 0 spiro atoms. The summed E-state index contributed by atoms with van der Waals surface area (Å²) in [5.41, 5.74) is 1.36. The average Bonchev–Trinajstić information content (AvgIpc) is 3.27. The van der Waals surface area contributed by atoms with Gasteiger partial charge in [-0.05, 0) is 63.1 Å². The Morgan fingerprint density at radius 3 is 2.74 bits per heavy atom. The molecule has 104 valence electrons. The van der Waals surface area contributed by atoms with Gasteiger partial charge in [0.25, 0.3) is 0 Å². The molecule has 0 amide bonds. The molecule has 1 N–H and O–H groups in total. The highest BCUT2D eigenvalue weighted by molar-refractivity contribution is 5.42. The van der Waals surface area contributed by atoms with Crippen LogP contribution >= 0.6 is 0 Å². The molecule has 1 aromatic heterocycles. The number of nitrogens with zero attached hydrogens (tertiary/aromatic N) is 2. The summed E-state index contributed by atoms with van der Waals surface area (Å²) in [6, 6.07) is 5.69. The van der Waals surface area contributed by atoms with Crippen LogP contribution in [0.1, 0.15) is 45.1 Å². The molecular weight excluding hydrogens is 234 g/mol. The first kappa shape index (κ1) is 12.9. The molecule has 0 bridgehead atoms. The van der Waals surface area contributed by atoms with E-state index in [1.54, 1.807) is 0 Å². The van der Waals surface area contributed by atoms with Crippen LogP contribution in [0.25, 0.3) is 0 Å². The quantitative estimate of drug-likeness (QED) is 0.816. The number of aromatic nitrogens is 1. The Balaban J connectivity index is 1.67. The van der Waals surface area contributed by atoms with Crippen molar-refractivity contribution in [1.82, 2.24) is 10.3 Å². The van der Waals surface area contributed by atoms with Gasteiger partial charge in [-0.2, -0.15) is 0 Å². The molecular formula is C16H25N3. The van der Waals surface area contributed by atoms with E-state index in [1.165, 1.54) is 37.8 Å². The second kappa shape index (κ2) is 5.49. The predicted octanol–water partition coefficient (Wildman–Crippen LogP) is 2.96. The maximum Gasteiger partial charge on any atom is 0.129 e. The minimum atomic E-state index is 0.528. The molecule has 2 fully saturated rings. The molecule has 1 aromatic rings. The highest BCUT2D eigenvalue weighted by atomic mass is 15.2. The fourth-order valence-corrected chi connectivity index (χ4v) is 2.42. The number of rotatable bonds is 7. The van der Waals surface area contributed by atoms with Crippen LogP contribution in [-0.2, 0) is 6.54 Å². The van der Waals surface area contributed by atoms with Crippen LogP contribution in [0.2, 0.25) is 0 Å². The third kappa shape index (κ3) is 3.69. The van der Waals surface area contributed by atoms with Crippen molar-refractivity contribution in [3.63, 3.8) is 0 Å². The Labute approximate surface area is 116 Å². The first-order valence-corrected chi connectivity index (χ1v) is 7.67. The summed E-state index contributed by atoms with van der Waals surface area (Å²) >= 11 is 0. The Kier molecular flexibility index (Phi) is 3.74. The summed E-state index contributed by atoms with van der Waals surface area (Å²) in [4.78, 5) is 7.04. The van der Waals surface area contributed by atoms with E-state index in [4.69, 9.17) is 0 Å². The molecule has 19 heavy (non-hydrogen) atoms. The fraction of sp³-hybridized carbons (Fsp3) is 0.688. The molecule has 0 aliphatic heterocycles. The van der Waals surface area contributed by atoms with Crippen LogP contribution in [0.15, 0.2) is 18.3 Å². The summed E-state index contributed by atoms with van der Waals surface area (Å²) in [6.45, 7) is 6.68. The molecule has 2 aliphatic carbocycles. The van der Waals surface area contributed by atoms with E-state index in [0.717, 1.165) is 24.3 Å². The SMILES string of the molecule is CC(C)N(CC1CC1)c1cc(CNC2CC2)ccn1. The summed E-state index contributed by atoms with van der Waals surface area (Å²) in [5, 5.41) is 3.58. The van der Waals surface area contributed by atoms with Crippen molar-refractivity contribution in [2.75, 3.05) is 11.4 Å². The van der Waals surface area contributed by atoms with Crippen molar-refractivity contribution in [2.24, 2.45) is 5.92 Å². The zero-order valence-corrected chi connectivity index (χ0v) is 12.1. The van der Waals surface area contributed by atoms with E-state index in [2.05, 4.69) is 41.2 Å². The normalized spacial score (nSPS) is 18.9. The van der Waals surface area contributed by atoms with Gasteiger partial charge in [0.15, 0.2) is 0 Å². The second-order valence-electron chi connectivity index (χ2n) is 6.37. The molecule has 3 rings (SSSR count). The van der Waals surface area contributed by atoms with Gasteiger partial charge in [-0.15, -0.1) is 0 Å². The third-order valence-corrected chi connectivity index (χ3v) is 4.05. The lowest BCUT2D eigenvalue weighted by Gasteiger charge is -2.28. The lowest BCUT2D eigenvalue weighted by atomic mass is 10.2. The van der Waals surface area contributed by atoms with E-state index in [0.29, 0.717) is 6.04 Å². The Morgan fingerprint density at radius 2 is 2.11 bits per heavy atom. The zero-order valence-electron chi connectivity index (χ0n) is 12.1. The molecule has 2 aliphatic rings. The summed E-state index contributed by atoms with van der Waals surface area (Å²) in [6.07, 6.45) is 7.44. The van der Waals surface area contributed by atoms with Crippen LogP contribution in [0, 0.1) is 5.92 Å². The molecule has 0 radical (unpaired) electrons. The van der Waals surface area contributed by atoms with Crippen molar-refractivity contribution in [3.05, 3.63) is 23.9 Å². The Morgan fingerprint density at radius 1 is 1.32 bits per heavy atom. The Hall–Kier alpha value is -1.09. The van der Waals surface area contributed by atoms with Gasteiger partial charge in [0.1, 0.15) is 5.82 Å². The molecule has 3 heteroatoms. The molecule has 0 saturated heterocycles. The van der Waals surface area contributed by atoms with E-state index in [1.807, 2.05) is 6.20 Å². The smallest absolute Gasteiger partial charge is 0.129 e. The van der Waals surface area contributed by atoms with E-state index >= 15 is 0 Å². The van der Waals surface area contributed by atoms with Crippen LogP contribution < -0.4 is 10.2 Å². The number of nitrogens with one attached hydrogen (secondary N) is 1. The molecule has 0 unspecified atom stereocenters. The average molecular weight is 259 g/mol. The molecule has 0 atom stereocenters. The predicted molar refractivity (Wildman–Crippen MR) is 79.3 cm³/mol.